The molecule has 1 aromatic carbocycles. The fourth-order valence-corrected chi connectivity index (χ4v) is 4.22. The van der Waals surface area contributed by atoms with E-state index in [2.05, 4.69) is 30.1 Å². The molecule has 0 spiro atoms. The Morgan fingerprint density at radius 2 is 2.20 bits per heavy atom. The van der Waals surface area contributed by atoms with Gasteiger partial charge in [0.15, 0.2) is 0 Å². The highest BCUT2D eigenvalue weighted by atomic mass is 16.5. The van der Waals surface area contributed by atoms with Gasteiger partial charge in [-0.15, -0.1) is 0 Å². The standard InChI is InChI=1S/C17H25NO2/c1-18-9-8-17(11-15(19)7-6-14(17)12-18)13-4-3-5-16(10-13)20-2/h3-5,10,14-15,19H,6-9,11-12H2,1-2H3/t14-,15+,17-/m0/s1. The van der Waals surface area contributed by atoms with Crippen molar-refractivity contribution in [1.29, 1.82) is 0 Å². The van der Waals surface area contributed by atoms with Crippen molar-refractivity contribution in [3.05, 3.63) is 29.8 Å². The number of methoxy groups -OCH3 is 1. The van der Waals surface area contributed by atoms with Crippen LogP contribution in [0.15, 0.2) is 24.3 Å². The monoisotopic (exact) mass is 275 g/mol. The van der Waals surface area contributed by atoms with E-state index in [0.29, 0.717) is 5.92 Å². The van der Waals surface area contributed by atoms with Crippen LogP contribution >= 0.6 is 0 Å². The van der Waals surface area contributed by atoms with Crippen molar-refractivity contribution in [3.63, 3.8) is 0 Å². The Morgan fingerprint density at radius 3 is 3.00 bits per heavy atom. The van der Waals surface area contributed by atoms with Crippen LogP contribution in [0.2, 0.25) is 0 Å². The molecule has 0 radical (unpaired) electrons. The minimum Gasteiger partial charge on any atom is -0.497 e. The first kappa shape index (κ1) is 13.9. The average Bonchev–Trinajstić information content (AvgIpc) is 2.47. The molecule has 110 valence electrons. The van der Waals surface area contributed by atoms with Crippen molar-refractivity contribution >= 4 is 0 Å². The summed E-state index contributed by atoms with van der Waals surface area (Å²) in [5, 5.41) is 10.2. The van der Waals surface area contributed by atoms with Crippen LogP contribution in [0.4, 0.5) is 0 Å². The molecule has 3 rings (SSSR count). The van der Waals surface area contributed by atoms with Gasteiger partial charge in [-0.05, 0) is 62.9 Å². The Hall–Kier alpha value is -1.06. The molecule has 1 aromatic rings. The van der Waals surface area contributed by atoms with Crippen LogP contribution in [0.5, 0.6) is 5.75 Å². The summed E-state index contributed by atoms with van der Waals surface area (Å²) in [5.74, 6) is 1.58. The van der Waals surface area contributed by atoms with E-state index >= 15 is 0 Å². The molecular formula is C17H25NO2. The van der Waals surface area contributed by atoms with Crippen LogP contribution in [0, 0.1) is 5.92 Å². The molecule has 2 fully saturated rings. The van der Waals surface area contributed by atoms with Gasteiger partial charge >= 0.3 is 0 Å². The first-order valence-electron chi connectivity index (χ1n) is 7.65. The van der Waals surface area contributed by atoms with Crippen LogP contribution < -0.4 is 4.74 Å². The smallest absolute Gasteiger partial charge is 0.119 e. The quantitative estimate of drug-likeness (QED) is 0.900. The normalized spacial score (nSPS) is 34.5. The van der Waals surface area contributed by atoms with E-state index in [1.807, 2.05) is 6.07 Å². The summed E-state index contributed by atoms with van der Waals surface area (Å²) in [5.41, 5.74) is 1.49. The van der Waals surface area contributed by atoms with Crippen LogP contribution in [0.1, 0.15) is 31.2 Å². The van der Waals surface area contributed by atoms with Crippen molar-refractivity contribution < 1.29 is 9.84 Å². The predicted molar refractivity (Wildman–Crippen MR) is 80.1 cm³/mol. The predicted octanol–water partition coefficient (Wildman–Crippen LogP) is 2.43. The van der Waals surface area contributed by atoms with Gasteiger partial charge in [-0.2, -0.15) is 0 Å². The van der Waals surface area contributed by atoms with E-state index in [9.17, 15) is 5.11 Å². The van der Waals surface area contributed by atoms with Crippen LogP contribution in [-0.2, 0) is 5.41 Å². The molecular weight excluding hydrogens is 250 g/mol. The molecule has 0 unspecified atom stereocenters. The summed E-state index contributed by atoms with van der Waals surface area (Å²) in [7, 11) is 3.93. The van der Waals surface area contributed by atoms with Gasteiger partial charge < -0.3 is 14.7 Å². The van der Waals surface area contributed by atoms with E-state index in [1.54, 1.807) is 7.11 Å². The number of benzene rings is 1. The lowest BCUT2D eigenvalue weighted by atomic mass is 9.58. The molecule has 1 aliphatic heterocycles. The van der Waals surface area contributed by atoms with Crippen molar-refractivity contribution in [2.45, 2.75) is 37.2 Å². The van der Waals surface area contributed by atoms with Crippen molar-refractivity contribution in [2.24, 2.45) is 5.92 Å². The van der Waals surface area contributed by atoms with Crippen LogP contribution in [0.3, 0.4) is 0 Å². The van der Waals surface area contributed by atoms with Gasteiger partial charge in [-0.1, -0.05) is 12.1 Å². The molecule has 20 heavy (non-hydrogen) atoms. The number of nitrogens with zero attached hydrogens (tertiary/aromatic N) is 1. The number of likely N-dealkylation sites (tertiary alicyclic amines) is 1. The highest BCUT2D eigenvalue weighted by molar-refractivity contribution is 5.36. The maximum atomic E-state index is 10.2. The topological polar surface area (TPSA) is 32.7 Å². The third-order valence-corrected chi connectivity index (χ3v) is 5.35. The molecule has 0 bridgehead atoms. The number of fused-ring (bicyclic) bond motifs is 1. The molecule has 3 nitrogen and oxygen atoms in total. The maximum absolute atomic E-state index is 10.2. The average molecular weight is 275 g/mol. The maximum Gasteiger partial charge on any atom is 0.119 e. The number of hydrogen-bond donors (Lipinski definition) is 1. The number of ether oxygens (including phenoxy) is 1. The summed E-state index contributed by atoms with van der Waals surface area (Å²) in [6.07, 6.45) is 3.96. The van der Waals surface area contributed by atoms with Crippen LogP contribution in [-0.4, -0.2) is 43.4 Å². The first-order chi connectivity index (χ1) is 9.64. The molecule has 1 saturated carbocycles. The Balaban J connectivity index is 1.99. The first-order valence-corrected chi connectivity index (χ1v) is 7.65. The number of hydrogen-bond acceptors (Lipinski definition) is 3. The van der Waals surface area contributed by atoms with Gasteiger partial charge in [0.2, 0.25) is 0 Å². The van der Waals surface area contributed by atoms with Crippen molar-refractivity contribution in [1.82, 2.24) is 4.90 Å². The van der Waals surface area contributed by atoms with Crippen LogP contribution in [0.25, 0.3) is 0 Å². The van der Waals surface area contributed by atoms with Gasteiger partial charge in [0.1, 0.15) is 5.75 Å². The summed E-state index contributed by atoms with van der Waals surface area (Å²) in [6, 6.07) is 8.48. The van der Waals surface area contributed by atoms with E-state index in [1.165, 1.54) is 5.56 Å². The minimum atomic E-state index is -0.152. The summed E-state index contributed by atoms with van der Waals surface area (Å²) in [4.78, 5) is 2.43. The Morgan fingerprint density at radius 1 is 1.35 bits per heavy atom. The summed E-state index contributed by atoms with van der Waals surface area (Å²) < 4.78 is 5.40. The third-order valence-electron chi connectivity index (χ3n) is 5.35. The minimum absolute atomic E-state index is 0.138. The molecule has 1 aliphatic carbocycles. The Kier molecular flexibility index (Phi) is 3.74. The van der Waals surface area contributed by atoms with Gasteiger partial charge in [-0.3, -0.25) is 0 Å². The Bertz CT molecular complexity index is 476. The molecule has 1 saturated heterocycles. The largest absolute Gasteiger partial charge is 0.497 e. The summed E-state index contributed by atoms with van der Waals surface area (Å²) in [6.45, 7) is 2.25. The van der Waals surface area contributed by atoms with E-state index in [-0.39, 0.29) is 11.5 Å². The fourth-order valence-electron chi connectivity index (χ4n) is 4.22. The number of aliphatic hydroxyl groups is 1. The third kappa shape index (κ3) is 2.33. The molecule has 2 aliphatic rings. The molecule has 0 aromatic heterocycles. The zero-order chi connectivity index (χ0) is 14.2. The summed E-state index contributed by atoms with van der Waals surface area (Å²) >= 11 is 0. The SMILES string of the molecule is COc1cccc([C@@]23CCN(C)C[C@@H]2CC[C@@H](O)C3)c1. The molecule has 1 heterocycles. The molecule has 3 heteroatoms. The van der Waals surface area contributed by atoms with Gasteiger partial charge in [0, 0.05) is 12.0 Å². The van der Waals surface area contributed by atoms with E-state index < -0.39 is 0 Å². The highest BCUT2D eigenvalue weighted by Gasteiger charge is 2.47. The zero-order valence-corrected chi connectivity index (χ0v) is 12.5. The lowest BCUT2D eigenvalue weighted by Gasteiger charge is -2.51. The molecule has 1 N–H and O–H groups in total. The fraction of sp³-hybridized carbons (Fsp3) is 0.647. The molecule has 0 amide bonds. The lowest BCUT2D eigenvalue weighted by Crippen LogP contribution is -2.52. The number of aliphatic hydroxyl groups excluding tert-OH is 1. The van der Waals surface area contributed by atoms with Gasteiger partial charge in [-0.25, -0.2) is 0 Å². The second-order valence-corrected chi connectivity index (χ2v) is 6.53. The lowest BCUT2D eigenvalue weighted by molar-refractivity contribution is 0.00288. The number of rotatable bonds is 2. The van der Waals surface area contributed by atoms with Crippen molar-refractivity contribution in [3.8, 4) is 5.75 Å². The van der Waals surface area contributed by atoms with E-state index in [0.717, 1.165) is 44.5 Å². The number of piperidine rings is 1. The van der Waals surface area contributed by atoms with Gasteiger partial charge in [0.25, 0.3) is 0 Å². The Labute approximate surface area is 121 Å². The van der Waals surface area contributed by atoms with E-state index in [4.69, 9.17) is 4.74 Å². The van der Waals surface area contributed by atoms with Gasteiger partial charge in [0.05, 0.1) is 13.2 Å². The highest BCUT2D eigenvalue weighted by Crippen LogP contribution is 2.49. The van der Waals surface area contributed by atoms with Crippen molar-refractivity contribution in [2.75, 3.05) is 27.2 Å². The zero-order valence-electron chi connectivity index (χ0n) is 12.5. The molecule has 3 atom stereocenters. The second-order valence-electron chi connectivity index (χ2n) is 6.53. The second kappa shape index (κ2) is 5.38.